The first kappa shape index (κ1) is 83.0. The Balaban J connectivity index is 0.000000168. The molecule has 29 heteroatoms. The number of hydrogen-bond acceptors (Lipinski definition) is 24. The van der Waals surface area contributed by atoms with Gasteiger partial charge in [-0.2, -0.15) is 9.97 Å². The number of anilines is 12. The third kappa shape index (κ3) is 21.8. The Morgan fingerprint density at radius 1 is 0.523 bits per heavy atom. The SMILES string of the molecule is CC(C)Oc1cc(N2CCC(N3CCN(C)CC3)CC2)ccc1Cc1nc2c(c(Nc3ccccc3P(C)(C)=O)n1)C=CC2.COc1cc(N2CCC(N(C)C)CC2)ccc1Nc1ncc(Cl)c(Nc2ccccc2P(C)(C)=O)n1.COc1ccc(Nc2nc(Nc3ccc(P(C)(C)=O)cc3OC)ncc2Cl)c(OC)c1. The largest absolute Gasteiger partial charge is 0.497 e. The molecule has 111 heavy (non-hydrogen) atoms. The second kappa shape index (κ2) is 37.1. The van der Waals surface area contributed by atoms with Gasteiger partial charge in [0.05, 0.1) is 81.1 Å². The van der Waals surface area contributed by atoms with E-state index in [4.69, 9.17) is 56.9 Å². The van der Waals surface area contributed by atoms with Gasteiger partial charge in [0.2, 0.25) is 11.9 Å². The first-order valence-corrected chi connectivity index (χ1v) is 45.9. The number of benzene rings is 6. The lowest BCUT2D eigenvalue weighted by Gasteiger charge is -2.42. The number of nitrogens with zero attached hydrogens (tertiary/aromatic N) is 11. The first-order valence-electron chi connectivity index (χ1n) is 37.3. The Kier molecular flexibility index (Phi) is 27.8. The highest BCUT2D eigenvalue weighted by Crippen LogP contribution is 2.43. The van der Waals surface area contributed by atoms with Gasteiger partial charge in [-0.25, -0.2) is 19.9 Å². The molecule has 0 amide bonds. The molecular weight excluding hydrogens is 1500 g/mol. The van der Waals surface area contributed by atoms with Crippen LogP contribution in [0.15, 0.2) is 140 Å². The van der Waals surface area contributed by atoms with Gasteiger partial charge in [0.1, 0.15) is 71.9 Å². The van der Waals surface area contributed by atoms with Crippen LogP contribution >= 0.6 is 44.6 Å². The van der Waals surface area contributed by atoms with E-state index in [1.165, 1.54) is 57.1 Å². The number of piperidine rings is 2. The van der Waals surface area contributed by atoms with E-state index in [1.807, 2.05) is 60.7 Å². The summed E-state index contributed by atoms with van der Waals surface area (Å²) >= 11 is 12.7. The monoisotopic (exact) mass is 1600 g/mol. The Morgan fingerprint density at radius 3 is 1.56 bits per heavy atom. The van der Waals surface area contributed by atoms with Gasteiger partial charge in [-0.1, -0.05) is 65.7 Å². The van der Waals surface area contributed by atoms with Gasteiger partial charge in [-0.3, -0.25) is 4.90 Å². The highest BCUT2D eigenvalue weighted by atomic mass is 35.5. The number of piperazine rings is 1. The predicted molar refractivity (Wildman–Crippen MR) is 459 cm³/mol. The van der Waals surface area contributed by atoms with Crippen molar-refractivity contribution in [2.45, 2.75) is 70.6 Å². The molecule has 5 N–H and O–H groups in total. The van der Waals surface area contributed by atoms with Crippen molar-refractivity contribution in [2.75, 3.05) is 178 Å². The topological polar surface area (TPSA) is 251 Å². The fourth-order valence-electron chi connectivity index (χ4n) is 13.8. The lowest BCUT2D eigenvalue weighted by molar-refractivity contribution is 0.0982. The highest BCUT2D eigenvalue weighted by molar-refractivity contribution is 7.71. The summed E-state index contributed by atoms with van der Waals surface area (Å²) < 4.78 is 66.3. The number of rotatable bonds is 25. The van der Waals surface area contributed by atoms with Crippen molar-refractivity contribution in [1.82, 2.24) is 44.6 Å². The molecule has 0 spiro atoms. The van der Waals surface area contributed by atoms with Gasteiger partial charge in [0, 0.05) is 134 Å². The molecule has 13 rings (SSSR count). The molecule has 590 valence electrons. The van der Waals surface area contributed by atoms with E-state index in [1.54, 1.807) is 105 Å². The van der Waals surface area contributed by atoms with E-state index >= 15 is 0 Å². The van der Waals surface area contributed by atoms with Crippen LogP contribution in [0.4, 0.5) is 69.2 Å². The van der Waals surface area contributed by atoms with Gasteiger partial charge in [0.15, 0.2) is 11.6 Å². The Hall–Kier alpha value is -8.95. The maximum absolute atomic E-state index is 13.0. The van der Waals surface area contributed by atoms with Crippen LogP contribution in [-0.4, -0.2) is 205 Å². The second-order valence-corrected chi connectivity index (χ2v) is 40.1. The quantitative estimate of drug-likeness (QED) is 0.0334. The van der Waals surface area contributed by atoms with Crippen molar-refractivity contribution in [3.63, 3.8) is 0 Å². The van der Waals surface area contributed by atoms with Crippen molar-refractivity contribution in [2.24, 2.45) is 0 Å². The molecule has 6 aromatic carbocycles. The summed E-state index contributed by atoms with van der Waals surface area (Å²) in [5, 5.41) is 19.2. The minimum absolute atomic E-state index is 0.0598. The van der Waals surface area contributed by atoms with Crippen LogP contribution in [0, 0.1) is 0 Å². The number of nitrogens with one attached hydrogen (secondary N) is 5. The minimum atomic E-state index is -2.50. The van der Waals surface area contributed by atoms with Crippen LogP contribution in [0.5, 0.6) is 28.7 Å². The normalized spacial score (nSPS) is 15.1. The van der Waals surface area contributed by atoms with Crippen molar-refractivity contribution < 1.29 is 37.4 Å². The highest BCUT2D eigenvalue weighted by Gasteiger charge is 2.30. The molecule has 3 saturated heterocycles. The van der Waals surface area contributed by atoms with Gasteiger partial charge in [-0.05, 0) is 173 Å². The molecule has 0 radical (unpaired) electrons. The third-order valence-corrected chi connectivity index (χ3v) is 25.2. The molecule has 0 bridgehead atoms. The summed E-state index contributed by atoms with van der Waals surface area (Å²) in [6.45, 7) is 23.5. The molecule has 3 aromatic heterocycles. The summed E-state index contributed by atoms with van der Waals surface area (Å²) in [6, 6.07) is 40.1. The molecule has 3 fully saturated rings. The number of para-hydroxylation sites is 2. The fourth-order valence-corrected chi connectivity index (χ4v) is 17.3. The van der Waals surface area contributed by atoms with Crippen LogP contribution < -0.4 is 76.0 Å². The number of methoxy groups -OCH3 is 4. The Morgan fingerprint density at radius 2 is 1.02 bits per heavy atom. The van der Waals surface area contributed by atoms with E-state index in [2.05, 4.69) is 142 Å². The summed E-state index contributed by atoms with van der Waals surface area (Å²) in [4.78, 5) is 39.9. The summed E-state index contributed by atoms with van der Waals surface area (Å²) in [6.07, 6.45) is 13.3. The number of ether oxygens (including phenoxy) is 5. The molecule has 6 heterocycles. The maximum Gasteiger partial charge on any atom is 0.229 e. The summed E-state index contributed by atoms with van der Waals surface area (Å²) in [7, 11) is 5.48. The van der Waals surface area contributed by atoms with Crippen molar-refractivity contribution in [3.05, 3.63) is 172 Å². The van der Waals surface area contributed by atoms with Gasteiger partial charge < -0.3 is 83.6 Å². The van der Waals surface area contributed by atoms with Gasteiger partial charge in [-0.15, -0.1) is 0 Å². The number of halogens is 2. The van der Waals surface area contributed by atoms with Crippen molar-refractivity contribution >= 4 is 136 Å². The number of allylic oxidation sites excluding steroid dienone is 1. The van der Waals surface area contributed by atoms with Crippen LogP contribution in [-0.2, 0) is 26.5 Å². The Bertz CT molecular complexity index is 4900. The molecule has 24 nitrogen and oxygen atoms in total. The molecular formula is C82H105Cl2N16O8P3. The first-order chi connectivity index (χ1) is 53.0. The minimum Gasteiger partial charge on any atom is -0.497 e. The molecule has 3 aliphatic heterocycles. The van der Waals surface area contributed by atoms with Gasteiger partial charge >= 0.3 is 0 Å². The van der Waals surface area contributed by atoms with E-state index in [0.717, 1.165) is 113 Å². The predicted octanol–water partition coefficient (Wildman–Crippen LogP) is 15.9. The number of aromatic nitrogens is 6. The maximum atomic E-state index is 13.0. The lowest BCUT2D eigenvalue weighted by Crippen LogP contribution is -2.52. The zero-order chi connectivity index (χ0) is 79.3. The molecule has 0 unspecified atom stereocenters. The number of fused-ring (bicyclic) bond motifs is 1. The third-order valence-electron chi connectivity index (χ3n) is 20.0. The molecule has 0 saturated carbocycles. The average Bonchev–Trinajstić information content (AvgIpc) is 1.75. The van der Waals surface area contributed by atoms with Crippen LogP contribution in [0.3, 0.4) is 0 Å². The van der Waals surface area contributed by atoms with Crippen molar-refractivity contribution in [3.8, 4) is 28.7 Å². The van der Waals surface area contributed by atoms with E-state index in [0.29, 0.717) is 92.1 Å². The second-order valence-electron chi connectivity index (χ2n) is 29.7. The molecule has 0 atom stereocenters. The fraction of sp³-hybridized carbons (Fsp3) is 0.390. The zero-order valence-electron chi connectivity index (χ0n) is 66.3. The molecule has 1 aliphatic carbocycles. The van der Waals surface area contributed by atoms with Gasteiger partial charge in [0.25, 0.3) is 0 Å². The van der Waals surface area contributed by atoms with Crippen LogP contribution in [0.2, 0.25) is 10.0 Å². The van der Waals surface area contributed by atoms with E-state index in [9.17, 15) is 13.7 Å². The van der Waals surface area contributed by atoms with Crippen molar-refractivity contribution in [1.29, 1.82) is 0 Å². The molecule has 9 aromatic rings. The lowest BCUT2D eigenvalue weighted by atomic mass is 10.0. The van der Waals surface area contributed by atoms with Crippen LogP contribution in [0.25, 0.3) is 6.08 Å². The average molecular weight is 1610 g/mol. The number of likely N-dealkylation sites (N-methyl/N-ethyl adjacent to an activating group) is 1. The van der Waals surface area contributed by atoms with E-state index < -0.39 is 21.4 Å². The standard InChI is InChI=1S/C35H47N6O2P.C26H34ClN6O2P.C21H24ClN4O4P/c1-25(2)43-32-24-28(40-17-15-27(16-18-40)41-21-19-39(3)20-22-41)14-13-26(32)23-34-36-30-11-8-9-29(30)35(38-34)37-31-10-6-7-12-33(31)44(4,5)42;1-32(2)18-12-14-33(15-13-18)19-10-11-21(23(16-19)35-3)30-26-28-17-20(27)25(31-26)29-22-8-6-7-9-24(22)36(4,5)34;1-28-13-6-8-16(18(10-13)29-2)24-20-15(22)12-23-21(26-20)25-17-9-7-14(31(4,5)27)11-19(17)30-3/h6-10,12-14,24-25,27H,11,15-23H2,1-5H3,(H,36,37,38);6-11,16-18H,12-15H2,1-5H3,(H2,28,29,30,31);6-12H,1-5H3,(H2,23,24,25,26). The van der Waals surface area contributed by atoms with E-state index in [-0.39, 0.29) is 6.10 Å². The summed E-state index contributed by atoms with van der Waals surface area (Å²) in [5.74, 6) is 6.38. The zero-order valence-corrected chi connectivity index (χ0v) is 70.5. The number of hydrogen-bond donors (Lipinski definition) is 5. The Labute approximate surface area is 664 Å². The molecule has 4 aliphatic rings. The summed E-state index contributed by atoms with van der Waals surface area (Å²) in [5.41, 5.74) is 9.04. The van der Waals surface area contributed by atoms with Crippen LogP contribution in [0.1, 0.15) is 62.2 Å². The smallest absolute Gasteiger partial charge is 0.229 e.